The van der Waals surface area contributed by atoms with E-state index in [1.54, 1.807) is 19.1 Å². The minimum Gasteiger partial charge on any atom is -1.00 e. The fraction of sp³-hybridized carbons (Fsp3) is 0.667. The molecule has 0 rings (SSSR count). The quantitative estimate of drug-likeness (QED) is 0.220. The molecule has 0 aliphatic carbocycles. The standard InChI is InChI=1S/C3H8ClN2.ClH/c1-5(2)6(3)4;/h3H2,1-2H3;1H/q+1;/p-1. The van der Waals surface area contributed by atoms with E-state index >= 15 is 0 Å². The average Bonchev–Trinajstić information content (AvgIpc) is 1.36. The van der Waals surface area contributed by atoms with Gasteiger partial charge in [0, 0.05) is 0 Å². The van der Waals surface area contributed by atoms with Crippen molar-refractivity contribution in [1.29, 1.82) is 0 Å². The van der Waals surface area contributed by atoms with Crippen LogP contribution >= 0.6 is 11.8 Å². The average molecular weight is 143 g/mol. The fourth-order valence-electron chi connectivity index (χ4n) is 0. The van der Waals surface area contributed by atoms with Crippen LogP contribution in [0.3, 0.4) is 0 Å². The number of hydrazine groups is 1. The van der Waals surface area contributed by atoms with Gasteiger partial charge in [0.25, 0.3) is 11.8 Å². The lowest BCUT2D eigenvalue weighted by molar-refractivity contribution is -0.547. The molecule has 0 aliphatic rings. The highest BCUT2D eigenvalue weighted by Crippen LogP contribution is 1.77. The highest BCUT2D eigenvalue weighted by atomic mass is 35.5. The molecule has 0 aromatic heterocycles. The molecule has 0 aromatic carbocycles. The van der Waals surface area contributed by atoms with Crippen LogP contribution in [0.2, 0.25) is 0 Å². The number of hydrazone groups is 1. The van der Waals surface area contributed by atoms with Crippen LogP contribution in [0, 0.1) is 0 Å². The van der Waals surface area contributed by atoms with Gasteiger partial charge in [0.1, 0.15) is 0 Å². The number of halogens is 2. The molecule has 0 atom stereocenters. The maximum Gasteiger partial charge on any atom is 0.295 e. The Morgan fingerprint density at radius 2 is 1.71 bits per heavy atom. The molecule has 0 amide bonds. The van der Waals surface area contributed by atoms with Crippen molar-refractivity contribution in [3.05, 3.63) is 0 Å². The van der Waals surface area contributed by atoms with Gasteiger partial charge in [-0.15, -0.1) is 0 Å². The van der Waals surface area contributed by atoms with Crippen molar-refractivity contribution < 1.29 is 16.6 Å². The van der Waals surface area contributed by atoms with E-state index in [1.807, 2.05) is 0 Å². The van der Waals surface area contributed by atoms with Gasteiger partial charge in [0.05, 0.1) is 14.1 Å². The van der Waals surface area contributed by atoms with Gasteiger partial charge in [-0.1, -0.05) is 0 Å². The summed E-state index contributed by atoms with van der Waals surface area (Å²) in [4.78, 5) is 0. The summed E-state index contributed by atoms with van der Waals surface area (Å²) in [5, 5.41) is 1.65. The first-order chi connectivity index (χ1) is 2.64. The lowest BCUT2D eigenvalue weighted by atomic mass is 11.2. The fourth-order valence-corrected chi connectivity index (χ4v) is 0. The Hall–Kier alpha value is 0.0500. The van der Waals surface area contributed by atoms with Gasteiger partial charge in [-0.3, -0.25) is 0 Å². The second-order valence-corrected chi connectivity index (χ2v) is 1.57. The van der Waals surface area contributed by atoms with Crippen LogP contribution in [0.15, 0.2) is 0 Å². The molecule has 4 heteroatoms. The first kappa shape index (κ1) is 10.1. The predicted octanol–water partition coefficient (Wildman–Crippen LogP) is -2.67. The van der Waals surface area contributed by atoms with Crippen LogP contribution in [0.5, 0.6) is 0 Å². The molecule has 0 heterocycles. The SMILES string of the molecule is C=[N+](Cl)N(C)C.[Cl-]. The summed E-state index contributed by atoms with van der Waals surface area (Å²) in [5.74, 6) is 0. The molecular formula is C3H8Cl2N2. The summed E-state index contributed by atoms with van der Waals surface area (Å²) in [6.45, 7) is 3.36. The van der Waals surface area contributed by atoms with Crippen molar-refractivity contribution in [3.63, 3.8) is 0 Å². The van der Waals surface area contributed by atoms with Crippen LogP contribution in [0.25, 0.3) is 0 Å². The first-order valence-electron chi connectivity index (χ1n) is 1.58. The van der Waals surface area contributed by atoms with E-state index in [0.29, 0.717) is 0 Å². The molecule has 0 bridgehead atoms. The lowest BCUT2D eigenvalue weighted by Gasteiger charge is -1.95. The molecule has 0 unspecified atom stereocenters. The molecule has 7 heavy (non-hydrogen) atoms. The molecular weight excluding hydrogens is 135 g/mol. The molecule has 0 aliphatic heterocycles. The molecule has 0 saturated heterocycles. The number of nitrogens with zero attached hydrogens (tertiary/aromatic N) is 2. The van der Waals surface area contributed by atoms with Gasteiger partial charge in [-0.2, -0.15) is 5.01 Å². The van der Waals surface area contributed by atoms with Crippen molar-refractivity contribution in [2.75, 3.05) is 14.1 Å². The highest BCUT2D eigenvalue weighted by molar-refractivity contribution is 6.05. The van der Waals surface area contributed by atoms with E-state index in [0.717, 1.165) is 0 Å². The Kier molecular flexibility index (Phi) is 6.09. The van der Waals surface area contributed by atoms with Gasteiger partial charge < -0.3 is 12.4 Å². The van der Waals surface area contributed by atoms with E-state index in [-0.39, 0.29) is 12.4 Å². The number of rotatable bonds is 1. The van der Waals surface area contributed by atoms with E-state index < -0.39 is 0 Å². The van der Waals surface area contributed by atoms with Crippen molar-refractivity contribution in [2.45, 2.75) is 0 Å². The van der Waals surface area contributed by atoms with Crippen LogP contribution in [0.1, 0.15) is 0 Å². The van der Waals surface area contributed by atoms with Gasteiger partial charge in [0.2, 0.25) is 0 Å². The van der Waals surface area contributed by atoms with Crippen LogP contribution < -0.4 is 12.4 Å². The topological polar surface area (TPSA) is 6.25 Å². The Labute approximate surface area is 54.9 Å². The predicted molar refractivity (Wildman–Crippen MR) is 26.9 cm³/mol. The van der Waals surface area contributed by atoms with Crippen molar-refractivity contribution in [3.8, 4) is 0 Å². The Balaban J connectivity index is 0. The minimum atomic E-state index is 0. The van der Waals surface area contributed by atoms with Crippen molar-refractivity contribution >= 4 is 18.5 Å². The molecule has 0 spiro atoms. The van der Waals surface area contributed by atoms with E-state index in [1.165, 1.54) is 4.20 Å². The lowest BCUT2D eigenvalue weighted by Crippen LogP contribution is -3.00. The number of hydrogen-bond donors (Lipinski definition) is 0. The zero-order valence-electron chi connectivity index (χ0n) is 4.36. The third-order valence-corrected chi connectivity index (χ3v) is 0.736. The zero-order valence-corrected chi connectivity index (χ0v) is 5.87. The van der Waals surface area contributed by atoms with Gasteiger partial charge in [-0.05, 0) is 4.20 Å². The molecule has 44 valence electrons. The smallest absolute Gasteiger partial charge is 0.295 e. The third-order valence-electron chi connectivity index (χ3n) is 0.434. The van der Waals surface area contributed by atoms with Crippen LogP contribution in [0.4, 0.5) is 0 Å². The molecule has 0 fully saturated rings. The summed E-state index contributed by atoms with van der Waals surface area (Å²) in [6, 6.07) is 0. The van der Waals surface area contributed by atoms with Crippen LogP contribution in [-0.2, 0) is 0 Å². The summed E-state index contributed by atoms with van der Waals surface area (Å²) in [5.41, 5.74) is 0. The summed E-state index contributed by atoms with van der Waals surface area (Å²) < 4.78 is 1.22. The van der Waals surface area contributed by atoms with Gasteiger partial charge >= 0.3 is 0 Å². The van der Waals surface area contributed by atoms with Crippen LogP contribution in [-0.4, -0.2) is 30.0 Å². The molecule has 0 N–H and O–H groups in total. The monoisotopic (exact) mass is 142 g/mol. The minimum absolute atomic E-state index is 0. The number of hydrogen-bond acceptors (Lipinski definition) is 1. The zero-order chi connectivity index (χ0) is 5.15. The second-order valence-electron chi connectivity index (χ2n) is 1.18. The van der Waals surface area contributed by atoms with Gasteiger partial charge in [-0.25, -0.2) is 0 Å². The van der Waals surface area contributed by atoms with Crippen molar-refractivity contribution in [1.82, 2.24) is 5.01 Å². The maximum atomic E-state index is 5.26. The Morgan fingerprint density at radius 1 is 1.57 bits per heavy atom. The Morgan fingerprint density at radius 3 is 1.71 bits per heavy atom. The van der Waals surface area contributed by atoms with Crippen molar-refractivity contribution in [2.24, 2.45) is 0 Å². The maximum absolute atomic E-state index is 5.26. The highest BCUT2D eigenvalue weighted by Gasteiger charge is 1.91. The summed E-state index contributed by atoms with van der Waals surface area (Å²) in [6.07, 6.45) is 0. The molecule has 0 radical (unpaired) electrons. The van der Waals surface area contributed by atoms with E-state index in [2.05, 4.69) is 6.72 Å². The largest absolute Gasteiger partial charge is 1.00 e. The second kappa shape index (κ2) is 4.22. The molecule has 0 aromatic rings. The Bertz CT molecular complexity index is 62.0. The molecule has 0 saturated carbocycles. The normalized spacial score (nSPS) is 6.71. The van der Waals surface area contributed by atoms with E-state index in [4.69, 9.17) is 11.8 Å². The summed E-state index contributed by atoms with van der Waals surface area (Å²) in [7, 11) is 3.61. The third kappa shape index (κ3) is 6.05. The summed E-state index contributed by atoms with van der Waals surface area (Å²) >= 11 is 5.26. The molecule has 2 nitrogen and oxygen atoms in total. The first-order valence-corrected chi connectivity index (χ1v) is 1.92. The van der Waals surface area contributed by atoms with E-state index in [9.17, 15) is 0 Å². The van der Waals surface area contributed by atoms with Gasteiger partial charge in [0.15, 0.2) is 6.72 Å².